The standard InChI is InChI=1S/C20H21N5O2S2/c1-2-24-19(13-7-8-13)21-22-20(24)29-12-18(26)25-15(16-5-3-9-27-16)11-14(23-25)17-6-4-10-28-17/h3-6,9-10,13,15H,2,7-8,11-12H2,1H3. The van der Waals surface area contributed by atoms with Gasteiger partial charge in [-0.3, -0.25) is 4.79 Å². The first-order valence-electron chi connectivity index (χ1n) is 9.77. The number of carbonyl (C=O) groups is 1. The monoisotopic (exact) mass is 427 g/mol. The summed E-state index contributed by atoms with van der Waals surface area (Å²) < 4.78 is 7.73. The number of hydrogen-bond donors (Lipinski definition) is 0. The number of thiophene rings is 1. The van der Waals surface area contributed by atoms with E-state index in [1.54, 1.807) is 22.6 Å². The van der Waals surface area contributed by atoms with Crippen molar-refractivity contribution in [3.05, 3.63) is 52.4 Å². The van der Waals surface area contributed by atoms with Crippen molar-refractivity contribution >= 4 is 34.7 Å². The van der Waals surface area contributed by atoms with Crippen LogP contribution < -0.4 is 0 Å². The number of nitrogens with zero attached hydrogens (tertiary/aromatic N) is 5. The first kappa shape index (κ1) is 18.6. The van der Waals surface area contributed by atoms with Crippen LogP contribution in [-0.4, -0.2) is 37.1 Å². The van der Waals surface area contributed by atoms with Gasteiger partial charge in [-0.2, -0.15) is 5.10 Å². The Morgan fingerprint density at radius 3 is 2.90 bits per heavy atom. The van der Waals surface area contributed by atoms with E-state index in [1.807, 2.05) is 29.6 Å². The van der Waals surface area contributed by atoms with Crippen molar-refractivity contribution in [2.24, 2.45) is 5.10 Å². The van der Waals surface area contributed by atoms with Crippen molar-refractivity contribution in [3.63, 3.8) is 0 Å². The molecule has 3 aromatic rings. The molecule has 1 atom stereocenters. The Labute approximate surface area is 176 Å². The van der Waals surface area contributed by atoms with Crippen molar-refractivity contribution < 1.29 is 9.21 Å². The summed E-state index contributed by atoms with van der Waals surface area (Å²) >= 11 is 3.07. The van der Waals surface area contributed by atoms with E-state index in [0.29, 0.717) is 12.3 Å². The largest absolute Gasteiger partial charge is 0.467 e. The van der Waals surface area contributed by atoms with E-state index < -0.39 is 0 Å². The average Bonchev–Trinajstić information content (AvgIpc) is 3.23. The van der Waals surface area contributed by atoms with Gasteiger partial charge < -0.3 is 8.98 Å². The van der Waals surface area contributed by atoms with Crippen LogP contribution in [0.3, 0.4) is 0 Å². The Kier molecular flexibility index (Phi) is 5.01. The Balaban J connectivity index is 1.34. The summed E-state index contributed by atoms with van der Waals surface area (Å²) in [6, 6.07) is 7.58. The zero-order chi connectivity index (χ0) is 19.8. The number of hydrogen-bond acceptors (Lipinski definition) is 7. The van der Waals surface area contributed by atoms with Crippen LogP contribution in [0, 0.1) is 0 Å². The Bertz CT molecular complexity index is 1020. The zero-order valence-electron chi connectivity index (χ0n) is 16.0. The Hall–Kier alpha value is -2.39. The first-order chi connectivity index (χ1) is 14.2. The fourth-order valence-corrected chi connectivity index (χ4v) is 5.16. The van der Waals surface area contributed by atoms with Crippen molar-refractivity contribution in [1.29, 1.82) is 0 Å². The molecule has 3 aromatic heterocycles. The molecule has 0 aromatic carbocycles. The third kappa shape index (κ3) is 3.64. The van der Waals surface area contributed by atoms with Crippen LogP contribution in [0.2, 0.25) is 0 Å². The minimum absolute atomic E-state index is 0.0541. The molecule has 1 amide bonds. The van der Waals surface area contributed by atoms with Crippen molar-refractivity contribution in [3.8, 4) is 0 Å². The number of amides is 1. The molecule has 0 radical (unpaired) electrons. The second kappa shape index (κ2) is 7.79. The van der Waals surface area contributed by atoms with Crippen molar-refractivity contribution in [2.75, 3.05) is 5.75 Å². The molecule has 1 saturated carbocycles. The topological polar surface area (TPSA) is 76.5 Å². The number of furan rings is 1. The lowest BCUT2D eigenvalue weighted by Gasteiger charge is -2.19. The van der Waals surface area contributed by atoms with Crippen LogP contribution in [0.1, 0.15) is 54.6 Å². The fourth-order valence-electron chi connectivity index (χ4n) is 3.57. The fraction of sp³-hybridized carbons (Fsp3) is 0.400. The van der Waals surface area contributed by atoms with E-state index in [1.165, 1.54) is 24.6 Å². The Morgan fingerprint density at radius 2 is 2.21 bits per heavy atom. The summed E-state index contributed by atoms with van der Waals surface area (Å²) in [6.45, 7) is 2.90. The molecule has 5 rings (SSSR count). The van der Waals surface area contributed by atoms with Gasteiger partial charge in [-0.15, -0.1) is 21.5 Å². The molecule has 0 saturated heterocycles. The van der Waals surface area contributed by atoms with Gasteiger partial charge in [-0.05, 0) is 43.3 Å². The number of hydrazone groups is 1. The second-order valence-electron chi connectivity index (χ2n) is 7.15. The van der Waals surface area contributed by atoms with Crippen LogP contribution in [0.25, 0.3) is 0 Å². The predicted octanol–water partition coefficient (Wildman–Crippen LogP) is 4.30. The summed E-state index contributed by atoms with van der Waals surface area (Å²) in [4.78, 5) is 14.2. The van der Waals surface area contributed by atoms with Crippen LogP contribution in [0.5, 0.6) is 0 Å². The van der Waals surface area contributed by atoms with Gasteiger partial charge >= 0.3 is 0 Å². The highest BCUT2D eigenvalue weighted by atomic mass is 32.2. The highest BCUT2D eigenvalue weighted by Gasteiger charge is 2.35. The molecular formula is C20H21N5O2S2. The maximum atomic E-state index is 13.1. The van der Waals surface area contributed by atoms with Crippen molar-refractivity contribution in [1.82, 2.24) is 19.8 Å². The third-order valence-corrected chi connectivity index (χ3v) is 7.04. The zero-order valence-corrected chi connectivity index (χ0v) is 17.7. The summed E-state index contributed by atoms with van der Waals surface area (Å²) in [5.41, 5.74) is 0.924. The summed E-state index contributed by atoms with van der Waals surface area (Å²) in [5.74, 6) is 2.55. The molecule has 0 bridgehead atoms. The maximum absolute atomic E-state index is 13.1. The summed E-state index contributed by atoms with van der Waals surface area (Å²) in [7, 11) is 0. The molecule has 29 heavy (non-hydrogen) atoms. The molecule has 2 aliphatic rings. The highest BCUT2D eigenvalue weighted by molar-refractivity contribution is 7.99. The molecule has 1 aliphatic heterocycles. The molecular weight excluding hydrogens is 406 g/mol. The molecule has 1 aliphatic carbocycles. The smallest absolute Gasteiger partial charge is 0.253 e. The van der Waals surface area contributed by atoms with E-state index in [9.17, 15) is 4.79 Å². The first-order valence-corrected chi connectivity index (χ1v) is 11.6. The lowest BCUT2D eigenvalue weighted by molar-refractivity contribution is -0.130. The van der Waals surface area contributed by atoms with Gasteiger partial charge in [0.25, 0.3) is 5.91 Å². The summed E-state index contributed by atoms with van der Waals surface area (Å²) in [6.07, 6.45) is 4.65. The number of rotatable bonds is 7. The van der Waals surface area contributed by atoms with Crippen LogP contribution in [0.4, 0.5) is 0 Å². The number of aromatic nitrogens is 3. The normalized spacial score (nSPS) is 19.0. The molecule has 0 spiro atoms. The van der Waals surface area contributed by atoms with Gasteiger partial charge in [0.05, 0.1) is 22.6 Å². The Morgan fingerprint density at radius 1 is 1.31 bits per heavy atom. The average molecular weight is 428 g/mol. The molecule has 7 nitrogen and oxygen atoms in total. The van der Waals surface area contributed by atoms with E-state index in [2.05, 4.69) is 26.8 Å². The summed E-state index contributed by atoms with van der Waals surface area (Å²) in [5, 5.41) is 17.7. The predicted molar refractivity (Wildman–Crippen MR) is 112 cm³/mol. The minimum Gasteiger partial charge on any atom is -0.467 e. The maximum Gasteiger partial charge on any atom is 0.253 e. The number of carbonyl (C=O) groups excluding carboxylic acids is 1. The quantitative estimate of drug-likeness (QED) is 0.526. The van der Waals surface area contributed by atoms with E-state index in [4.69, 9.17) is 4.42 Å². The molecule has 1 unspecified atom stereocenters. The van der Waals surface area contributed by atoms with Gasteiger partial charge in [-0.25, -0.2) is 5.01 Å². The molecule has 0 N–H and O–H groups in total. The minimum atomic E-state index is -0.207. The van der Waals surface area contributed by atoms with Gasteiger partial charge in [0.2, 0.25) is 0 Å². The second-order valence-corrected chi connectivity index (χ2v) is 9.04. The highest BCUT2D eigenvalue weighted by Crippen LogP contribution is 2.40. The van der Waals surface area contributed by atoms with Crippen LogP contribution >= 0.6 is 23.1 Å². The van der Waals surface area contributed by atoms with E-state index in [-0.39, 0.29) is 17.7 Å². The molecule has 1 fully saturated rings. The lowest BCUT2D eigenvalue weighted by atomic mass is 10.1. The van der Waals surface area contributed by atoms with Crippen LogP contribution in [-0.2, 0) is 11.3 Å². The van der Waals surface area contributed by atoms with Crippen molar-refractivity contribution in [2.45, 2.75) is 49.8 Å². The lowest BCUT2D eigenvalue weighted by Crippen LogP contribution is -2.28. The third-order valence-electron chi connectivity index (χ3n) is 5.17. The SMILES string of the molecule is CCn1c(SCC(=O)N2N=C(c3cccs3)CC2c2ccco2)nnc1C1CC1. The molecule has 150 valence electrons. The van der Waals surface area contributed by atoms with Gasteiger partial charge in [0, 0.05) is 18.9 Å². The van der Waals surface area contributed by atoms with E-state index in [0.717, 1.165) is 33.9 Å². The van der Waals surface area contributed by atoms with Gasteiger partial charge in [0.1, 0.15) is 17.6 Å². The molecule has 4 heterocycles. The van der Waals surface area contributed by atoms with Gasteiger partial charge in [0.15, 0.2) is 5.16 Å². The molecule has 9 heteroatoms. The van der Waals surface area contributed by atoms with Gasteiger partial charge in [-0.1, -0.05) is 17.8 Å². The van der Waals surface area contributed by atoms with Crippen LogP contribution in [0.15, 0.2) is 50.6 Å². The number of thioether (sulfide) groups is 1. The van der Waals surface area contributed by atoms with E-state index >= 15 is 0 Å².